The maximum Gasteiger partial charge on any atom is 0.161 e. The van der Waals surface area contributed by atoms with E-state index in [-0.39, 0.29) is 5.41 Å². The van der Waals surface area contributed by atoms with Gasteiger partial charge in [0.25, 0.3) is 0 Å². The Labute approximate surface area is 99.3 Å². The fourth-order valence-corrected chi connectivity index (χ4v) is 2.35. The number of hydrogen-bond acceptors (Lipinski definition) is 3. The second kappa shape index (κ2) is 3.82. The molecular weight excluding hydrogens is 228 g/mol. The van der Waals surface area contributed by atoms with Crippen LogP contribution < -0.4 is 9.47 Å². The molecule has 0 atom stereocenters. The second-order valence-corrected chi connectivity index (χ2v) is 4.53. The van der Waals surface area contributed by atoms with Crippen LogP contribution in [0.1, 0.15) is 5.56 Å². The fraction of sp³-hybridized carbons (Fsp3) is 0.500. The number of ether oxygens (including phenoxy) is 3. The van der Waals surface area contributed by atoms with E-state index in [1.54, 1.807) is 0 Å². The first kappa shape index (κ1) is 10.2. The third-order valence-corrected chi connectivity index (χ3v) is 3.68. The minimum atomic E-state index is -0.0304. The fourth-order valence-electron chi connectivity index (χ4n) is 2.04. The van der Waals surface area contributed by atoms with Crippen LogP contribution >= 0.6 is 11.6 Å². The maximum atomic E-state index is 6.03. The van der Waals surface area contributed by atoms with Crippen LogP contribution in [0.2, 0.25) is 0 Å². The van der Waals surface area contributed by atoms with Gasteiger partial charge in [-0.3, -0.25) is 0 Å². The quantitative estimate of drug-likeness (QED) is 0.740. The van der Waals surface area contributed by atoms with E-state index in [4.69, 9.17) is 25.8 Å². The summed E-state index contributed by atoms with van der Waals surface area (Å²) in [6.07, 6.45) is 0. The van der Waals surface area contributed by atoms with Crippen LogP contribution in [0.5, 0.6) is 11.5 Å². The SMILES string of the molecule is ClCC1(c2ccc3c(c2)OCCO3)COC1. The zero-order chi connectivity index (χ0) is 11.0. The van der Waals surface area contributed by atoms with Crippen molar-refractivity contribution in [2.24, 2.45) is 0 Å². The topological polar surface area (TPSA) is 27.7 Å². The van der Waals surface area contributed by atoms with Crippen molar-refractivity contribution in [1.29, 1.82) is 0 Å². The van der Waals surface area contributed by atoms with Gasteiger partial charge in [0.2, 0.25) is 0 Å². The lowest BCUT2D eigenvalue weighted by Gasteiger charge is -2.40. The third-order valence-electron chi connectivity index (χ3n) is 3.17. The Morgan fingerprint density at radius 2 is 1.88 bits per heavy atom. The molecule has 0 saturated carbocycles. The van der Waals surface area contributed by atoms with E-state index in [1.807, 2.05) is 12.1 Å². The highest BCUT2D eigenvalue weighted by molar-refractivity contribution is 6.18. The van der Waals surface area contributed by atoms with Gasteiger partial charge in [0.05, 0.1) is 18.6 Å². The predicted octanol–water partition coefficient (Wildman–Crippen LogP) is 1.96. The molecule has 0 amide bonds. The van der Waals surface area contributed by atoms with E-state index in [0.29, 0.717) is 32.3 Å². The van der Waals surface area contributed by atoms with E-state index in [0.717, 1.165) is 11.5 Å². The van der Waals surface area contributed by atoms with E-state index in [2.05, 4.69) is 6.07 Å². The van der Waals surface area contributed by atoms with E-state index < -0.39 is 0 Å². The summed E-state index contributed by atoms with van der Waals surface area (Å²) in [7, 11) is 0. The average Bonchev–Trinajstić information content (AvgIpc) is 2.28. The van der Waals surface area contributed by atoms with Crippen molar-refractivity contribution >= 4 is 11.6 Å². The molecule has 0 spiro atoms. The van der Waals surface area contributed by atoms with Crippen LogP contribution in [0.25, 0.3) is 0 Å². The Balaban J connectivity index is 1.96. The number of benzene rings is 1. The molecule has 1 aromatic rings. The summed E-state index contributed by atoms with van der Waals surface area (Å²) in [4.78, 5) is 0. The first-order chi connectivity index (χ1) is 7.84. The molecular formula is C12H13ClO3. The van der Waals surface area contributed by atoms with Crippen LogP contribution in [-0.4, -0.2) is 32.3 Å². The largest absolute Gasteiger partial charge is 0.486 e. The summed E-state index contributed by atoms with van der Waals surface area (Å²) in [5.74, 6) is 2.22. The Bertz CT molecular complexity index is 396. The molecule has 2 aliphatic rings. The molecule has 86 valence electrons. The molecule has 0 unspecified atom stereocenters. The Morgan fingerprint density at radius 3 is 2.50 bits per heavy atom. The smallest absolute Gasteiger partial charge is 0.161 e. The van der Waals surface area contributed by atoms with Crippen molar-refractivity contribution in [3.8, 4) is 11.5 Å². The molecule has 3 rings (SSSR count). The third kappa shape index (κ3) is 1.46. The molecule has 0 radical (unpaired) electrons. The van der Waals surface area contributed by atoms with Crippen LogP contribution in [0.4, 0.5) is 0 Å². The van der Waals surface area contributed by atoms with Crippen LogP contribution in [0.15, 0.2) is 18.2 Å². The van der Waals surface area contributed by atoms with E-state index in [9.17, 15) is 0 Å². The zero-order valence-corrected chi connectivity index (χ0v) is 9.63. The van der Waals surface area contributed by atoms with Crippen molar-refractivity contribution in [1.82, 2.24) is 0 Å². The van der Waals surface area contributed by atoms with E-state index in [1.165, 1.54) is 5.56 Å². The summed E-state index contributed by atoms with van der Waals surface area (Å²) in [6, 6.07) is 6.04. The van der Waals surface area contributed by atoms with Gasteiger partial charge in [-0.15, -0.1) is 11.6 Å². The maximum absolute atomic E-state index is 6.03. The molecule has 0 aromatic heterocycles. The highest BCUT2D eigenvalue weighted by Gasteiger charge is 2.40. The Hall–Kier alpha value is -0.930. The zero-order valence-electron chi connectivity index (χ0n) is 8.87. The highest BCUT2D eigenvalue weighted by atomic mass is 35.5. The molecule has 16 heavy (non-hydrogen) atoms. The summed E-state index contributed by atoms with van der Waals surface area (Å²) < 4.78 is 16.3. The van der Waals surface area contributed by atoms with Gasteiger partial charge in [0, 0.05) is 5.88 Å². The summed E-state index contributed by atoms with van der Waals surface area (Å²) >= 11 is 6.03. The molecule has 1 fully saturated rings. The number of rotatable bonds is 2. The van der Waals surface area contributed by atoms with Gasteiger partial charge in [-0.05, 0) is 17.7 Å². The van der Waals surface area contributed by atoms with Crippen molar-refractivity contribution < 1.29 is 14.2 Å². The van der Waals surface area contributed by atoms with Crippen molar-refractivity contribution in [3.63, 3.8) is 0 Å². The molecule has 2 heterocycles. The van der Waals surface area contributed by atoms with Gasteiger partial charge in [-0.1, -0.05) is 6.07 Å². The van der Waals surface area contributed by atoms with Gasteiger partial charge >= 0.3 is 0 Å². The number of hydrogen-bond donors (Lipinski definition) is 0. The second-order valence-electron chi connectivity index (χ2n) is 4.27. The number of alkyl halides is 1. The van der Waals surface area contributed by atoms with Crippen molar-refractivity contribution in [3.05, 3.63) is 23.8 Å². The molecule has 1 aromatic carbocycles. The van der Waals surface area contributed by atoms with Gasteiger partial charge in [-0.25, -0.2) is 0 Å². The van der Waals surface area contributed by atoms with Crippen molar-refractivity contribution in [2.75, 3.05) is 32.3 Å². The first-order valence-corrected chi connectivity index (χ1v) is 5.91. The lowest BCUT2D eigenvalue weighted by Crippen LogP contribution is -2.48. The van der Waals surface area contributed by atoms with Gasteiger partial charge < -0.3 is 14.2 Å². The summed E-state index contributed by atoms with van der Waals surface area (Å²) in [6.45, 7) is 2.61. The molecule has 0 bridgehead atoms. The van der Waals surface area contributed by atoms with Crippen molar-refractivity contribution in [2.45, 2.75) is 5.41 Å². The molecule has 3 nitrogen and oxygen atoms in total. The van der Waals surface area contributed by atoms with Crippen LogP contribution in [0.3, 0.4) is 0 Å². The standard InChI is InChI=1S/C12H13ClO3/c13-6-12(7-14-8-12)9-1-2-10-11(5-9)16-4-3-15-10/h1-2,5H,3-4,6-8H2. The lowest BCUT2D eigenvalue weighted by molar-refractivity contribution is -0.0481. The molecule has 2 aliphatic heterocycles. The molecule has 1 saturated heterocycles. The van der Waals surface area contributed by atoms with Gasteiger partial charge in [0.15, 0.2) is 11.5 Å². The normalized spacial score (nSPS) is 21.3. The predicted molar refractivity (Wildman–Crippen MR) is 60.6 cm³/mol. The Kier molecular flexibility index (Phi) is 2.45. The minimum absolute atomic E-state index is 0.0304. The molecule has 4 heteroatoms. The van der Waals surface area contributed by atoms with Crippen LogP contribution in [0, 0.1) is 0 Å². The first-order valence-electron chi connectivity index (χ1n) is 5.38. The lowest BCUT2D eigenvalue weighted by atomic mass is 9.80. The molecule has 0 N–H and O–H groups in total. The van der Waals surface area contributed by atoms with E-state index >= 15 is 0 Å². The monoisotopic (exact) mass is 240 g/mol. The number of halogens is 1. The van der Waals surface area contributed by atoms with Gasteiger partial charge in [0.1, 0.15) is 13.2 Å². The molecule has 0 aliphatic carbocycles. The highest BCUT2D eigenvalue weighted by Crippen LogP contribution is 2.39. The Morgan fingerprint density at radius 1 is 1.12 bits per heavy atom. The summed E-state index contributed by atoms with van der Waals surface area (Å²) in [5, 5.41) is 0. The average molecular weight is 241 g/mol. The van der Waals surface area contributed by atoms with Crippen LogP contribution in [-0.2, 0) is 10.2 Å². The minimum Gasteiger partial charge on any atom is -0.486 e. The number of fused-ring (bicyclic) bond motifs is 1. The van der Waals surface area contributed by atoms with Gasteiger partial charge in [-0.2, -0.15) is 0 Å². The summed E-state index contributed by atoms with van der Waals surface area (Å²) in [5.41, 5.74) is 1.15.